The summed E-state index contributed by atoms with van der Waals surface area (Å²) in [6, 6.07) is 0. The van der Waals surface area contributed by atoms with Gasteiger partial charge in [-0.1, -0.05) is 0 Å². The summed E-state index contributed by atoms with van der Waals surface area (Å²) in [5.41, 5.74) is 0.0523. The SMILES string of the molecule is CCNC(=NCC(C)(C)NC(=O)OC(C)(C)C)NCCCc1nc(C)cs1. The number of alkyl carbamates (subject to hydrolysis) is 1. The van der Waals surface area contributed by atoms with E-state index in [-0.39, 0.29) is 0 Å². The van der Waals surface area contributed by atoms with E-state index in [1.165, 1.54) is 5.01 Å². The molecule has 0 aromatic carbocycles. The molecule has 1 heterocycles. The number of carbonyl (C=O) groups excluding carboxylic acids is 1. The summed E-state index contributed by atoms with van der Waals surface area (Å²) in [4.78, 5) is 21.0. The minimum Gasteiger partial charge on any atom is -0.444 e. The largest absolute Gasteiger partial charge is 0.444 e. The quantitative estimate of drug-likeness (QED) is 0.356. The van der Waals surface area contributed by atoms with Crippen molar-refractivity contribution in [3.63, 3.8) is 0 Å². The first-order chi connectivity index (χ1) is 12.5. The zero-order valence-electron chi connectivity index (χ0n) is 17.7. The van der Waals surface area contributed by atoms with Gasteiger partial charge in [-0.25, -0.2) is 9.78 Å². The molecule has 1 aromatic rings. The van der Waals surface area contributed by atoms with E-state index in [1.54, 1.807) is 11.3 Å². The number of aromatic nitrogens is 1. The number of aliphatic imine (C=N–C) groups is 1. The van der Waals surface area contributed by atoms with E-state index in [9.17, 15) is 4.79 Å². The Hall–Kier alpha value is -1.83. The van der Waals surface area contributed by atoms with E-state index in [1.807, 2.05) is 48.5 Å². The van der Waals surface area contributed by atoms with Crippen molar-refractivity contribution in [2.75, 3.05) is 19.6 Å². The zero-order valence-corrected chi connectivity index (χ0v) is 18.5. The minimum absolute atomic E-state index is 0.431. The molecule has 0 saturated heterocycles. The summed E-state index contributed by atoms with van der Waals surface area (Å²) in [7, 11) is 0. The molecule has 8 heteroatoms. The standard InChI is InChI=1S/C19H35N5O2S/c1-8-20-16(21-11-9-10-15-23-14(2)12-27-15)22-13-19(6,7)24-17(25)26-18(3,4)5/h12H,8-11,13H2,1-7H3,(H,24,25)(H2,20,21,22). The van der Waals surface area contributed by atoms with Crippen molar-refractivity contribution in [3.8, 4) is 0 Å². The van der Waals surface area contributed by atoms with E-state index in [0.29, 0.717) is 6.54 Å². The fourth-order valence-electron chi connectivity index (χ4n) is 2.20. The van der Waals surface area contributed by atoms with Crippen LogP contribution in [0.5, 0.6) is 0 Å². The van der Waals surface area contributed by atoms with Crippen LogP contribution < -0.4 is 16.0 Å². The van der Waals surface area contributed by atoms with Crippen LogP contribution in [0.1, 0.15) is 58.7 Å². The average molecular weight is 398 g/mol. The monoisotopic (exact) mass is 397 g/mol. The fraction of sp³-hybridized carbons (Fsp3) is 0.737. The van der Waals surface area contributed by atoms with Gasteiger partial charge in [0.25, 0.3) is 0 Å². The van der Waals surface area contributed by atoms with Gasteiger partial charge < -0.3 is 20.7 Å². The van der Waals surface area contributed by atoms with Crippen LogP contribution in [0.25, 0.3) is 0 Å². The topological polar surface area (TPSA) is 87.6 Å². The lowest BCUT2D eigenvalue weighted by molar-refractivity contribution is 0.0476. The number of nitrogens with one attached hydrogen (secondary N) is 3. The number of aryl methyl sites for hydroxylation is 2. The van der Waals surface area contributed by atoms with Crippen molar-refractivity contribution in [2.24, 2.45) is 4.99 Å². The highest BCUT2D eigenvalue weighted by molar-refractivity contribution is 7.09. The number of hydrogen-bond donors (Lipinski definition) is 3. The maximum Gasteiger partial charge on any atom is 0.408 e. The van der Waals surface area contributed by atoms with Crippen molar-refractivity contribution in [1.29, 1.82) is 0 Å². The number of ether oxygens (including phenoxy) is 1. The molecule has 0 bridgehead atoms. The first-order valence-electron chi connectivity index (χ1n) is 9.45. The smallest absolute Gasteiger partial charge is 0.408 e. The molecular weight excluding hydrogens is 362 g/mol. The molecule has 0 unspecified atom stereocenters. The molecule has 0 saturated carbocycles. The van der Waals surface area contributed by atoms with Crippen molar-refractivity contribution >= 4 is 23.4 Å². The Balaban J connectivity index is 2.47. The maximum atomic E-state index is 12.0. The van der Waals surface area contributed by atoms with Crippen LogP contribution in [0.3, 0.4) is 0 Å². The Labute approximate surface area is 167 Å². The molecule has 0 fully saturated rings. The number of nitrogens with zero attached hydrogens (tertiary/aromatic N) is 2. The summed E-state index contributed by atoms with van der Waals surface area (Å²) >= 11 is 1.70. The molecule has 0 radical (unpaired) electrons. The normalized spacial score (nSPS) is 12.6. The Kier molecular flexibility index (Phi) is 9.02. The molecule has 0 aliphatic rings. The van der Waals surface area contributed by atoms with Gasteiger partial charge in [-0.05, 0) is 54.9 Å². The lowest BCUT2D eigenvalue weighted by Crippen LogP contribution is -2.49. The molecule has 0 atom stereocenters. The summed E-state index contributed by atoms with van der Waals surface area (Å²) in [5, 5.41) is 12.7. The summed E-state index contributed by atoms with van der Waals surface area (Å²) in [6.07, 6.45) is 1.51. The summed E-state index contributed by atoms with van der Waals surface area (Å²) < 4.78 is 5.32. The van der Waals surface area contributed by atoms with Crippen LogP contribution in [0.2, 0.25) is 0 Å². The number of thiazole rings is 1. The summed E-state index contributed by atoms with van der Waals surface area (Å²) in [6.45, 7) is 15.5. The number of amides is 1. The molecular formula is C19H35N5O2S. The Bertz CT molecular complexity index is 620. The molecule has 0 aliphatic carbocycles. The van der Waals surface area contributed by atoms with Gasteiger partial charge in [0, 0.05) is 30.6 Å². The Morgan fingerprint density at radius 2 is 1.96 bits per heavy atom. The van der Waals surface area contributed by atoms with Crippen LogP contribution in [-0.4, -0.2) is 47.8 Å². The van der Waals surface area contributed by atoms with Crippen molar-refractivity contribution < 1.29 is 9.53 Å². The minimum atomic E-state index is -0.518. The van der Waals surface area contributed by atoms with Crippen molar-refractivity contribution in [2.45, 2.75) is 72.4 Å². The lowest BCUT2D eigenvalue weighted by atomic mass is 10.1. The molecule has 27 heavy (non-hydrogen) atoms. The van der Waals surface area contributed by atoms with Gasteiger partial charge in [-0.15, -0.1) is 11.3 Å². The van der Waals surface area contributed by atoms with Gasteiger partial charge in [0.2, 0.25) is 0 Å². The fourth-order valence-corrected chi connectivity index (χ4v) is 3.02. The Morgan fingerprint density at radius 1 is 1.26 bits per heavy atom. The van der Waals surface area contributed by atoms with E-state index >= 15 is 0 Å². The molecule has 3 N–H and O–H groups in total. The lowest BCUT2D eigenvalue weighted by Gasteiger charge is -2.27. The van der Waals surface area contributed by atoms with E-state index in [0.717, 1.165) is 37.6 Å². The number of hydrogen-bond acceptors (Lipinski definition) is 5. The molecule has 154 valence electrons. The second-order valence-electron chi connectivity index (χ2n) is 8.12. The third-order valence-electron chi connectivity index (χ3n) is 3.34. The second kappa shape index (κ2) is 10.5. The predicted octanol–water partition coefficient (Wildman–Crippen LogP) is 3.24. The van der Waals surface area contributed by atoms with Crippen LogP contribution in [0.4, 0.5) is 4.79 Å². The summed E-state index contributed by atoms with van der Waals surface area (Å²) in [5.74, 6) is 0.742. The van der Waals surface area contributed by atoms with Gasteiger partial charge >= 0.3 is 6.09 Å². The highest BCUT2D eigenvalue weighted by Crippen LogP contribution is 2.11. The van der Waals surface area contributed by atoms with Gasteiger partial charge in [-0.2, -0.15) is 0 Å². The number of rotatable bonds is 8. The average Bonchev–Trinajstić information content (AvgIpc) is 2.92. The first kappa shape index (κ1) is 23.2. The highest BCUT2D eigenvalue weighted by Gasteiger charge is 2.24. The van der Waals surface area contributed by atoms with E-state index < -0.39 is 17.2 Å². The maximum absolute atomic E-state index is 12.0. The molecule has 0 spiro atoms. The molecule has 1 aromatic heterocycles. The van der Waals surface area contributed by atoms with Crippen LogP contribution in [0.15, 0.2) is 10.4 Å². The number of carbonyl (C=O) groups is 1. The van der Waals surface area contributed by atoms with Crippen molar-refractivity contribution in [1.82, 2.24) is 20.9 Å². The van der Waals surface area contributed by atoms with Gasteiger partial charge in [0.05, 0.1) is 17.1 Å². The molecule has 1 rings (SSSR count). The van der Waals surface area contributed by atoms with E-state index in [2.05, 4.69) is 31.3 Å². The van der Waals surface area contributed by atoms with E-state index in [4.69, 9.17) is 4.74 Å². The molecule has 0 aliphatic heterocycles. The number of guanidine groups is 1. The van der Waals surface area contributed by atoms with Crippen LogP contribution in [-0.2, 0) is 11.2 Å². The molecule has 7 nitrogen and oxygen atoms in total. The highest BCUT2D eigenvalue weighted by atomic mass is 32.1. The Morgan fingerprint density at radius 3 is 2.52 bits per heavy atom. The third-order valence-corrected chi connectivity index (χ3v) is 4.37. The van der Waals surface area contributed by atoms with Gasteiger partial charge in [0.15, 0.2) is 5.96 Å². The van der Waals surface area contributed by atoms with Crippen LogP contribution in [0, 0.1) is 6.92 Å². The van der Waals surface area contributed by atoms with Crippen molar-refractivity contribution in [3.05, 3.63) is 16.1 Å². The third kappa shape index (κ3) is 10.8. The first-order valence-corrected chi connectivity index (χ1v) is 10.3. The zero-order chi connectivity index (χ0) is 20.5. The molecule has 1 amide bonds. The van der Waals surface area contributed by atoms with Gasteiger partial charge in [-0.3, -0.25) is 4.99 Å². The van der Waals surface area contributed by atoms with Crippen LogP contribution >= 0.6 is 11.3 Å². The van der Waals surface area contributed by atoms with Gasteiger partial charge in [0.1, 0.15) is 5.60 Å². The predicted molar refractivity (Wildman–Crippen MR) is 113 cm³/mol. The second-order valence-corrected chi connectivity index (χ2v) is 9.06.